The van der Waals surface area contributed by atoms with Crippen LogP contribution in [0.3, 0.4) is 0 Å². The maximum absolute atomic E-state index is 11.6. The molecule has 6 heteroatoms. The smallest absolute Gasteiger partial charge is 0.340 e. The molecular formula is C14H15N3O2S. The maximum Gasteiger partial charge on any atom is 0.340 e. The third kappa shape index (κ3) is 2.85. The first kappa shape index (κ1) is 14.2. The van der Waals surface area contributed by atoms with Gasteiger partial charge in [-0.3, -0.25) is 0 Å². The summed E-state index contributed by atoms with van der Waals surface area (Å²) in [5, 5.41) is 3.15. The molecule has 20 heavy (non-hydrogen) atoms. The average Bonchev–Trinajstić information content (AvgIpc) is 2.49. The number of nitrogens with two attached hydrogens (primary N) is 1. The van der Waals surface area contributed by atoms with Gasteiger partial charge in [0.15, 0.2) is 5.82 Å². The van der Waals surface area contributed by atoms with E-state index in [4.69, 9.17) is 5.73 Å². The first-order chi connectivity index (χ1) is 9.67. The fraction of sp³-hybridized carbons (Fsp3) is 0.143. The van der Waals surface area contributed by atoms with Crippen molar-refractivity contribution in [3.63, 3.8) is 0 Å². The van der Waals surface area contributed by atoms with E-state index in [9.17, 15) is 4.79 Å². The Balaban J connectivity index is 2.37. The number of methoxy groups -OCH3 is 1. The normalized spacial score (nSPS) is 10.1. The quantitative estimate of drug-likeness (QED) is 0.665. The Kier molecular flexibility index (Phi) is 4.47. The summed E-state index contributed by atoms with van der Waals surface area (Å²) in [5.41, 5.74) is 7.43. The van der Waals surface area contributed by atoms with Gasteiger partial charge in [0.2, 0.25) is 0 Å². The van der Waals surface area contributed by atoms with Gasteiger partial charge >= 0.3 is 5.97 Å². The Labute approximate surface area is 121 Å². The van der Waals surface area contributed by atoms with Crippen LogP contribution >= 0.6 is 11.8 Å². The predicted octanol–water partition coefficient (Wildman–Crippen LogP) is 2.92. The van der Waals surface area contributed by atoms with Gasteiger partial charge in [-0.25, -0.2) is 9.78 Å². The van der Waals surface area contributed by atoms with Crippen LogP contribution in [0.25, 0.3) is 0 Å². The van der Waals surface area contributed by atoms with Crippen LogP contribution in [0.5, 0.6) is 0 Å². The second kappa shape index (κ2) is 6.29. The van der Waals surface area contributed by atoms with Crippen molar-refractivity contribution in [2.45, 2.75) is 4.90 Å². The summed E-state index contributed by atoms with van der Waals surface area (Å²) in [6.45, 7) is 0. The molecule has 0 atom stereocenters. The number of hydrogen-bond acceptors (Lipinski definition) is 6. The largest absolute Gasteiger partial charge is 0.465 e. The summed E-state index contributed by atoms with van der Waals surface area (Å²) < 4.78 is 4.69. The molecule has 104 valence electrons. The lowest BCUT2D eigenvalue weighted by Gasteiger charge is -2.13. The predicted molar refractivity (Wildman–Crippen MR) is 81.5 cm³/mol. The van der Waals surface area contributed by atoms with Crippen molar-refractivity contribution in [3.8, 4) is 0 Å². The van der Waals surface area contributed by atoms with E-state index >= 15 is 0 Å². The number of para-hydroxylation sites is 1. The zero-order valence-electron chi connectivity index (χ0n) is 11.2. The van der Waals surface area contributed by atoms with E-state index < -0.39 is 5.97 Å². The van der Waals surface area contributed by atoms with Crippen molar-refractivity contribution >= 4 is 34.9 Å². The SMILES string of the molecule is COC(=O)c1ccnc(Nc2ccccc2SC)c1N. The zero-order chi connectivity index (χ0) is 14.5. The zero-order valence-corrected chi connectivity index (χ0v) is 12.0. The Morgan fingerprint density at radius 1 is 1.35 bits per heavy atom. The Morgan fingerprint density at radius 3 is 2.80 bits per heavy atom. The highest BCUT2D eigenvalue weighted by atomic mass is 32.2. The molecule has 0 fully saturated rings. The van der Waals surface area contributed by atoms with E-state index in [2.05, 4.69) is 15.0 Å². The minimum absolute atomic E-state index is 0.273. The third-order valence-corrected chi connectivity index (χ3v) is 3.55. The van der Waals surface area contributed by atoms with E-state index in [0.29, 0.717) is 11.4 Å². The van der Waals surface area contributed by atoms with Crippen LogP contribution in [0.4, 0.5) is 17.2 Å². The first-order valence-corrected chi connectivity index (χ1v) is 7.12. The van der Waals surface area contributed by atoms with E-state index in [1.165, 1.54) is 19.4 Å². The molecule has 2 rings (SSSR count). The van der Waals surface area contributed by atoms with Crippen molar-refractivity contribution in [3.05, 3.63) is 42.1 Å². The monoisotopic (exact) mass is 289 g/mol. The third-order valence-electron chi connectivity index (χ3n) is 2.76. The van der Waals surface area contributed by atoms with Crippen LogP contribution in [-0.4, -0.2) is 24.3 Å². The van der Waals surface area contributed by atoms with E-state index in [0.717, 1.165) is 10.6 Å². The molecular weight excluding hydrogens is 274 g/mol. The minimum atomic E-state index is -0.480. The van der Waals surface area contributed by atoms with Crippen LogP contribution < -0.4 is 11.1 Å². The van der Waals surface area contributed by atoms with Gasteiger partial charge in [-0.05, 0) is 24.5 Å². The number of esters is 1. The molecule has 5 nitrogen and oxygen atoms in total. The molecule has 1 aromatic carbocycles. The number of pyridine rings is 1. The number of hydrogen-bond donors (Lipinski definition) is 2. The molecule has 0 bridgehead atoms. The van der Waals surface area contributed by atoms with Gasteiger partial charge in [0, 0.05) is 11.1 Å². The van der Waals surface area contributed by atoms with Gasteiger partial charge in [0.1, 0.15) is 0 Å². The summed E-state index contributed by atoms with van der Waals surface area (Å²) in [5.74, 6) is -0.0412. The first-order valence-electron chi connectivity index (χ1n) is 5.90. The number of nitrogens with zero attached hydrogens (tertiary/aromatic N) is 1. The van der Waals surface area contributed by atoms with Gasteiger partial charge in [-0.2, -0.15) is 0 Å². The molecule has 1 heterocycles. The lowest BCUT2D eigenvalue weighted by atomic mass is 10.2. The summed E-state index contributed by atoms with van der Waals surface area (Å²) >= 11 is 1.61. The number of ether oxygens (including phenoxy) is 1. The molecule has 0 amide bonds. The van der Waals surface area contributed by atoms with Crippen molar-refractivity contribution in [1.29, 1.82) is 0 Å². The number of anilines is 3. The van der Waals surface area contributed by atoms with Gasteiger partial charge in [-0.15, -0.1) is 11.8 Å². The van der Waals surface area contributed by atoms with Crippen molar-refractivity contribution in [1.82, 2.24) is 4.98 Å². The molecule has 0 saturated carbocycles. The highest BCUT2D eigenvalue weighted by Gasteiger charge is 2.14. The molecule has 0 saturated heterocycles. The van der Waals surface area contributed by atoms with Crippen molar-refractivity contribution in [2.24, 2.45) is 0 Å². The lowest BCUT2D eigenvalue weighted by Crippen LogP contribution is -2.09. The molecule has 1 aromatic heterocycles. The fourth-order valence-electron chi connectivity index (χ4n) is 1.74. The standard InChI is InChI=1S/C14H15N3O2S/c1-19-14(18)9-7-8-16-13(12(9)15)17-10-5-3-4-6-11(10)20-2/h3-8H,15H2,1-2H3,(H,16,17). The second-order valence-electron chi connectivity index (χ2n) is 3.94. The van der Waals surface area contributed by atoms with Crippen LogP contribution in [0.1, 0.15) is 10.4 Å². The molecule has 0 aliphatic heterocycles. The van der Waals surface area contributed by atoms with Crippen LogP contribution in [0, 0.1) is 0 Å². The highest BCUT2D eigenvalue weighted by molar-refractivity contribution is 7.98. The Morgan fingerprint density at radius 2 is 2.10 bits per heavy atom. The fourth-order valence-corrected chi connectivity index (χ4v) is 2.29. The average molecular weight is 289 g/mol. The van der Waals surface area contributed by atoms with Gasteiger partial charge in [0.25, 0.3) is 0 Å². The number of rotatable bonds is 4. The van der Waals surface area contributed by atoms with Crippen molar-refractivity contribution < 1.29 is 9.53 Å². The van der Waals surface area contributed by atoms with Gasteiger partial charge in [0.05, 0.1) is 24.0 Å². The highest BCUT2D eigenvalue weighted by Crippen LogP contribution is 2.30. The second-order valence-corrected chi connectivity index (χ2v) is 4.79. The molecule has 3 N–H and O–H groups in total. The summed E-state index contributed by atoms with van der Waals surface area (Å²) in [7, 11) is 1.32. The van der Waals surface area contributed by atoms with Crippen molar-refractivity contribution in [2.75, 3.05) is 24.4 Å². The summed E-state index contributed by atoms with van der Waals surface area (Å²) in [4.78, 5) is 16.8. The van der Waals surface area contributed by atoms with Crippen LogP contribution in [0.15, 0.2) is 41.4 Å². The molecule has 0 spiro atoms. The number of carbonyl (C=O) groups excluding carboxylic acids is 1. The van der Waals surface area contributed by atoms with E-state index in [-0.39, 0.29) is 5.69 Å². The number of nitrogens with one attached hydrogen (secondary N) is 1. The number of nitrogen functional groups attached to an aromatic ring is 1. The topological polar surface area (TPSA) is 77.2 Å². The Bertz CT molecular complexity index is 632. The number of benzene rings is 1. The number of aromatic nitrogens is 1. The molecule has 0 radical (unpaired) electrons. The number of thioether (sulfide) groups is 1. The van der Waals surface area contributed by atoms with E-state index in [1.807, 2.05) is 30.5 Å². The molecule has 0 aliphatic carbocycles. The molecule has 0 aliphatic rings. The summed E-state index contributed by atoms with van der Waals surface area (Å²) in [6.07, 6.45) is 3.51. The van der Waals surface area contributed by atoms with Crippen LogP contribution in [0.2, 0.25) is 0 Å². The van der Waals surface area contributed by atoms with E-state index in [1.54, 1.807) is 11.8 Å². The lowest BCUT2D eigenvalue weighted by molar-refractivity contribution is 0.0602. The maximum atomic E-state index is 11.6. The van der Waals surface area contributed by atoms with Gasteiger partial charge < -0.3 is 15.8 Å². The minimum Gasteiger partial charge on any atom is -0.465 e. The molecule has 2 aromatic rings. The summed E-state index contributed by atoms with van der Waals surface area (Å²) in [6, 6.07) is 9.33. The van der Waals surface area contributed by atoms with Gasteiger partial charge in [-0.1, -0.05) is 12.1 Å². The molecule has 0 unspecified atom stereocenters. The Hall–Kier alpha value is -2.21. The van der Waals surface area contributed by atoms with Crippen LogP contribution in [-0.2, 0) is 4.74 Å². The number of carbonyl (C=O) groups is 1.